The minimum Gasteiger partial charge on any atom is -0.493 e. The topological polar surface area (TPSA) is 93.6 Å². The second-order valence-corrected chi connectivity index (χ2v) is 5.77. The van der Waals surface area contributed by atoms with Gasteiger partial charge in [0.2, 0.25) is 0 Å². The Balaban J connectivity index is 2.04. The van der Waals surface area contributed by atoms with Crippen LogP contribution in [0.5, 0.6) is 11.5 Å². The third-order valence-electron chi connectivity index (χ3n) is 3.19. The van der Waals surface area contributed by atoms with Crippen molar-refractivity contribution in [3.63, 3.8) is 0 Å². The van der Waals surface area contributed by atoms with Gasteiger partial charge in [-0.25, -0.2) is 14.8 Å². The number of hydrogen-bond donors (Lipinski definition) is 2. The van der Waals surface area contributed by atoms with Gasteiger partial charge in [-0.1, -0.05) is 0 Å². The lowest BCUT2D eigenvalue weighted by molar-refractivity contribution is 0.194. The molecule has 7 nitrogen and oxygen atoms in total. The van der Waals surface area contributed by atoms with Crippen LogP contribution in [-0.2, 0) is 0 Å². The number of ether oxygens (including phenoxy) is 2. The summed E-state index contributed by atoms with van der Waals surface area (Å²) in [5.41, 5.74) is 0.799. The van der Waals surface area contributed by atoms with E-state index in [-0.39, 0.29) is 0 Å². The first kappa shape index (κ1) is 17.1. The fourth-order valence-electron chi connectivity index (χ4n) is 2.07. The van der Waals surface area contributed by atoms with Crippen molar-refractivity contribution in [2.45, 2.75) is 17.9 Å². The van der Waals surface area contributed by atoms with Crippen molar-refractivity contribution in [3.8, 4) is 11.5 Å². The molecule has 1 aromatic heterocycles. The smallest absolute Gasteiger partial charge is 0.404 e. The van der Waals surface area contributed by atoms with Gasteiger partial charge in [0.25, 0.3) is 0 Å². The summed E-state index contributed by atoms with van der Waals surface area (Å²) in [6.45, 7) is 0.464. The Morgan fingerprint density at radius 2 is 1.96 bits per heavy atom. The van der Waals surface area contributed by atoms with E-state index in [0.717, 1.165) is 34.5 Å². The zero-order chi connectivity index (χ0) is 16.7. The quantitative estimate of drug-likeness (QED) is 0.434. The molecule has 124 valence electrons. The number of methoxy groups -OCH3 is 2. The van der Waals surface area contributed by atoms with E-state index in [2.05, 4.69) is 15.3 Å². The van der Waals surface area contributed by atoms with Crippen LogP contribution in [0.2, 0.25) is 0 Å². The molecule has 2 aromatic rings. The number of carboxylic acid groups (broad SMARTS) is 1. The molecule has 0 saturated carbocycles. The first-order valence-electron chi connectivity index (χ1n) is 7.12. The molecule has 0 atom stereocenters. The number of hydrogen-bond acceptors (Lipinski definition) is 6. The van der Waals surface area contributed by atoms with Crippen molar-refractivity contribution in [2.24, 2.45) is 0 Å². The van der Waals surface area contributed by atoms with Crippen LogP contribution in [-0.4, -0.2) is 47.7 Å². The fourth-order valence-corrected chi connectivity index (χ4v) is 3.05. The maximum atomic E-state index is 10.4. The molecular formula is C15H19N3O4S. The Morgan fingerprint density at radius 1 is 1.22 bits per heavy atom. The van der Waals surface area contributed by atoms with Gasteiger partial charge in [0, 0.05) is 18.0 Å². The molecule has 0 saturated heterocycles. The Morgan fingerprint density at radius 3 is 2.65 bits per heavy atom. The molecule has 0 radical (unpaired) electrons. The summed E-state index contributed by atoms with van der Waals surface area (Å²) in [7, 11) is 3.18. The summed E-state index contributed by atoms with van der Waals surface area (Å²) < 4.78 is 10.6. The van der Waals surface area contributed by atoms with Crippen molar-refractivity contribution >= 4 is 28.8 Å². The molecule has 2 N–H and O–H groups in total. The largest absolute Gasteiger partial charge is 0.493 e. The number of aromatic nitrogens is 2. The standard InChI is InChI=1S/C15H19N3O4S/c1-21-12-7-10-11(8-13(12)22-2)17-9-18-14(10)23-6-4-3-5-16-15(19)20/h7-9,16H,3-6H2,1-2H3,(H,19,20). The third-order valence-corrected chi connectivity index (χ3v) is 4.28. The van der Waals surface area contributed by atoms with E-state index < -0.39 is 6.09 Å². The molecule has 0 fully saturated rings. The number of amides is 1. The van der Waals surface area contributed by atoms with E-state index in [9.17, 15) is 4.79 Å². The minimum absolute atomic E-state index is 0.464. The summed E-state index contributed by atoms with van der Waals surface area (Å²) in [4.78, 5) is 19.0. The summed E-state index contributed by atoms with van der Waals surface area (Å²) in [6.07, 6.45) is 2.23. The van der Waals surface area contributed by atoms with Gasteiger partial charge in [-0.3, -0.25) is 0 Å². The van der Waals surface area contributed by atoms with Crippen LogP contribution in [0.15, 0.2) is 23.5 Å². The maximum absolute atomic E-state index is 10.4. The number of fused-ring (bicyclic) bond motifs is 1. The summed E-state index contributed by atoms with van der Waals surface area (Å²) in [6, 6.07) is 3.71. The number of carbonyl (C=O) groups is 1. The van der Waals surface area contributed by atoms with Gasteiger partial charge >= 0.3 is 6.09 Å². The van der Waals surface area contributed by atoms with Gasteiger partial charge in [0.05, 0.1) is 19.7 Å². The third kappa shape index (κ3) is 4.62. The number of rotatable bonds is 8. The molecular weight excluding hydrogens is 318 g/mol. The molecule has 0 bridgehead atoms. The highest BCUT2D eigenvalue weighted by Crippen LogP contribution is 2.34. The molecule has 1 amide bonds. The van der Waals surface area contributed by atoms with E-state index in [1.807, 2.05) is 12.1 Å². The highest BCUT2D eigenvalue weighted by atomic mass is 32.2. The number of nitrogens with one attached hydrogen (secondary N) is 1. The predicted molar refractivity (Wildman–Crippen MR) is 88.6 cm³/mol. The molecule has 23 heavy (non-hydrogen) atoms. The van der Waals surface area contributed by atoms with Gasteiger partial charge in [-0.15, -0.1) is 11.8 Å². The van der Waals surface area contributed by atoms with Crippen LogP contribution in [0.25, 0.3) is 10.9 Å². The van der Waals surface area contributed by atoms with Gasteiger partial charge in [-0.2, -0.15) is 0 Å². The van der Waals surface area contributed by atoms with Crippen LogP contribution >= 0.6 is 11.8 Å². The Labute approximate surface area is 138 Å². The summed E-state index contributed by atoms with van der Waals surface area (Å²) >= 11 is 1.62. The molecule has 0 aliphatic rings. The van der Waals surface area contributed by atoms with Crippen LogP contribution in [0.4, 0.5) is 4.79 Å². The highest BCUT2D eigenvalue weighted by molar-refractivity contribution is 7.99. The number of benzene rings is 1. The number of unbranched alkanes of at least 4 members (excludes halogenated alkanes) is 1. The van der Waals surface area contributed by atoms with Gasteiger partial charge in [0.1, 0.15) is 11.4 Å². The van der Waals surface area contributed by atoms with E-state index in [4.69, 9.17) is 14.6 Å². The lowest BCUT2D eigenvalue weighted by Gasteiger charge is -2.10. The Hall–Kier alpha value is -2.22. The van der Waals surface area contributed by atoms with Gasteiger partial charge in [0.15, 0.2) is 11.5 Å². The first-order chi connectivity index (χ1) is 11.2. The van der Waals surface area contributed by atoms with Gasteiger partial charge < -0.3 is 19.9 Å². The van der Waals surface area contributed by atoms with Crippen molar-refractivity contribution in [1.29, 1.82) is 0 Å². The summed E-state index contributed by atoms with van der Waals surface area (Å²) in [5, 5.41) is 12.6. The average Bonchev–Trinajstić information content (AvgIpc) is 2.56. The normalized spacial score (nSPS) is 10.5. The highest BCUT2D eigenvalue weighted by Gasteiger charge is 2.11. The van der Waals surface area contributed by atoms with Gasteiger partial charge in [-0.05, 0) is 24.7 Å². The minimum atomic E-state index is -0.986. The van der Waals surface area contributed by atoms with Crippen molar-refractivity contribution in [3.05, 3.63) is 18.5 Å². The van der Waals surface area contributed by atoms with Crippen molar-refractivity contribution in [2.75, 3.05) is 26.5 Å². The zero-order valence-electron chi connectivity index (χ0n) is 13.0. The first-order valence-corrected chi connectivity index (χ1v) is 8.10. The van der Waals surface area contributed by atoms with Crippen LogP contribution in [0.1, 0.15) is 12.8 Å². The lowest BCUT2D eigenvalue weighted by Crippen LogP contribution is -2.21. The molecule has 0 aliphatic carbocycles. The second-order valence-electron chi connectivity index (χ2n) is 4.69. The second kappa shape index (κ2) is 8.42. The predicted octanol–water partition coefficient (Wildman–Crippen LogP) is 2.79. The molecule has 2 rings (SSSR count). The van der Waals surface area contributed by atoms with E-state index in [1.54, 1.807) is 26.0 Å². The Bertz CT molecular complexity index is 681. The van der Waals surface area contributed by atoms with E-state index >= 15 is 0 Å². The van der Waals surface area contributed by atoms with Crippen LogP contribution in [0.3, 0.4) is 0 Å². The number of thioether (sulfide) groups is 1. The van der Waals surface area contributed by atoms with Crippen molar-refractivity contribution in [1.82, 2.24) is 15.3 Å². The summed E-state index contributed by atoms with van der Waals surface area (Å²) in [5.74, 6) is 2.12. The monoisotopic (exact) mass is 337 g/mol. The van der Waals surface area contributed by atoms with Crippen molar-refractivity contribution < 1.29 is 19.4 Å². The maximum Gasteiger partial charge on any atom is 0.404 e. The zero-order valence-corrected chi connectivity index (χ0v) is 13.9. The average molecular weight is 337 g/mol. The van der Waals surface area contributed by atoms with Crippen LogP contribution < -0.4 is 14.8 Å². The Kier molecular flexibility index (Phi) is 6.28. The van der Waals surface area contributed by atoms with E-state index in [0.29, 0.717) is 18.0 Å². The lowest BCUT2D eigenvalue weighted by atomic mass is 10.2. The molecule has 1 heterocycles. The molecule has 0 unspecified atom stereocenters. The molecule has 1 aromatic carbocycles. The molecule has 0 spiro atoms. The SMILES string of the molecule is COc1cc2ncnc(SCCCCNC(=O)O)c2cc1OC. The number of nitrogens with zero attached hydrogens (tertiary/aromatic N) is 2. The van der Waals surface area contributed by atoms with Crippen LogP contribution in [0, 0.1) is 0 Å². The fraction of sp³-hybridized carbons (Fsp3) is 0.400. The molecule has 0 aliphatic heterocycles. The molecule has 8 heteroatoms. The van der Waals surface area contributed by atoms with E-state index in [1.165, 1.54) is 6.33 Å².